The van der Waals surface area contributed by atoms with Crippen LogP contribution in [0.4, 0.5) is 0 Å². The van der Waals surface area contributed by atoms with E-state index in [0.29, 0.717) is 35.2 Å². The summed E-state index contributed by atoms with van der Waals surface area (Å²) in [7, 11) is 0. The highest BCUT2D eigenvalue weighted by atomic mass is 16.4. The van der Waals surface area contributed by atoms with E-state index in [9.17, 15) is 19.5 Å². The average Bonchev–Trinajstić information content (AvgIpc) is 2.96. The Balaban J connectivity index is 0.000000258. The Hall–Kier alpha value is -1.95. The molecular weight excluding hydrogens is 372 g/mol. The van der Waals surface area contributed by atoms with Crippen molar-refractivity contribution in [2.75, 3.05) is 0 Å². The Bertz CT molecular complexity index is 736. The first-order valence-corrected chi connectivity index (χ1v) is 10.6. The number of fused-ring (bicyclic) bond motifs is 5. The SMILES string of the molecule is C[C@]12CC[C@H](O)CC1=CC[C@@H]1[C@@H]2CC[C@]2(C)C(=O)CC[C@@H]12.O=C(O)/C=C\C(=O)O. The molecule has 0 bridgehead atoms. The number of carboxylic acids is 2. The van der Waals surface area contributed by atoms with Gasteiger partial charge in [-0.25, -0.2) is 9.59 Å². The van der Waals surface area contributed by atoms with Crippen molar-refractivity contribution in [2.24, 2.45) is 28.6 Å². The Morgan fingerprint density at radius 3 is 2.21 bits per heavy atom. The number of carbonyl (C=O) groups excluding carboxylic acids is 1. The monoisotopic (exact) mass is 404 g/mol. The third-order valence-corrected chi connectivity index (χ3v) is 8.16. The molecule has 0 aromatic heterocycles. The van der Waals surface area contributed by atoms with Crippen LogP contribution in [0.1, 0.15) is 65.2 Å². The minimum atomic E-state index is -1.26. The van der Waals surface area contributed by atoms with Crippen molar-refractivity contribution in [1.29, 1.82) is 0 Å². The van der Waals surface area contributed by atoms with Gasteiger partial charge in [0.05, 0.1) is 6.10 Å². The van der Waals surface area contributed by atoms with Gasteiger partial charge in [-0.05, 0) is 68.1 Å². The first kappa shape index (κ1) is 21.8. The number of aliphatic hydroxyl groups excluding tert-OH is 1. The molecule has 0 saturated heterocycles. The van der Waals surface area contributed by atoms with Crippen LogP contribution >= 0.6 is 0 Å². The molecule has 6 atom stereocenters. The van der Waals surface area contributed by atoms with Crippen molar-refractivity contribution < 1.29 is 29.7 Å². The van der Waals surface area contributed by atoms with Gasteiger partial charge in [-0.1, -0.05) is 25.5 Å². The van der Waals surface area contributed by atoms with Crippen LogP contribution in [0, 0.1) is 28.6 Å². The summed E-state index contributed by atoms with van der Waals surface area (Å²) < 4.78 is 0. The third-order valence-electron chi connectivity index (χ3n) is 8.16. The molecular formula is C23H32O6. The number of allylic oxidation sites excluding steroid dienone is 1. The molecule has 4 aliphatic rings. The fourth-order valence-corrected chi connectivity index (χ4v) is 6.56. The number of rotatable bonds is 2. The van der Waals surface area contributed by atoms with E-state index in [1.165, 1.54) is 12.0 Å². The van der Waals surface area contributed by atoms with Gasteiger partial charge in [-0.2, -0.15) is 0 Å². The maximum atomic E-state index is 12.4. The molecule has 3 saturated carbocycles. The molecule has 0 aliphatic heterocycles. The van der Waals surface area contributed by atoms with Gasteiger partial charge in [0.15, 0.2) is 0 Å². The summed E-state index contributed by atoms with van der Waals surface area (Å²) in [5, 5.41) is 25.6. The Labute approximate surface area is 171 Å². The zero-order valence-corrected chi connectivity index (χ0v) is 17.3. The van der Waals surface area contributed by atoms with Gasteiger partial charge in [-0.15, -0.1) is 0 Å². The van der Waals surface area contributed by atoms with Crippen molar-refractivity contribution in [3.8, 4) is 0 Å². The van der Waals surface area contributed by atoms with Gasteiger partial charge in [0.2, 0.25) is 0 Å². The lowest BCUT2D eigenvalue weighted by Gasteiger charge is -2.56. The smallest absolute Gasteiger partial charge is 0.328 e. The van der Waals surface area contributed by atoms with E-state index < -0.39 is 11.9 Å². The van der Waals surface area contributed by atoms with Crippen molar-refractivity contribution in [1.82, 2.24) is 0 Å². The van der Waals surface area contributed by atoms with Gasteiger partial charge in [-0.3, -0.25) is 4.79 Å². The molecule has 3 N–H and O–H groups in total. The highest BCUT2D eigenvalue weighted by molar-refractivity contribution is 5.89. The fraction of sp³-hybridized carbons (Fsp3) is 0.696. The minimum Gasteiger partial charge on any atom is -0.478 e. The minimum absolute atomic E-state index is 0.0168. The second kappa shape index (κ2) is 8.05. The average molecular weight is 405 g/mol. The maximum Gasteiger partial charge on any atom is 0.328 e. The lowest BCUT2D eigenvalue weighted by Crippen LogP contribution is -2.50. The van der Waals surface area contributed by atoms with Crippen LogP contribution in [0.15, 0.2) is 23.8 Å². The normalized spacial score (nSPS) is 40.8. The van der Waals surface area contributed by atoms with Crippen molar-refractivity contribution in [2.45, 2.75) is 71.3 Å². The molecule has 0 heterocycles. The van der Waals surface area contributed by atoms with Crippen LogP contribution in [-0.2, 0) is 14.4 Å². The largest absolute Gasteiger partial charge is 0.478 e. The molecule has 0 unspecified atom stereocenters. The Kier molecular flexibility index (Phi) is 6.04. The van der Waals surface area contributed by atoms with E-state index >= 15 is 0 Å². The summed E-state index contributed by atoms with van der Waals surface area (Å²) in [6.45, 7) is 4.69. The van der Waals surface area contributed by atoms with Crippen molar-refractivity contribution in [3.63, 3.8) is 0 Å². The van der Waals surface area contributed by atoms with Crippen molar-refractivity contribution in [3.05, 3.63) is 23.8 Å². The van der Waals surface area contributed by atoms with Gasteiger partial charge in [0.25, 0.3) is 0 Å². The summed E-state index contributed by atoms with van der Waals surface area (Å²) in [5.41, 5.74) is 1.81. The van der Waals surface area contributed by atoms with Crippen LogP contribution in [0.3, 0.4) is 0 Å². The highest BCUT2D eigenvalue weighted by Crippen LogP contribution is 2.63. The number of ketones is 1. The lowest BCUT2D eigenvalue weighted by molar-refractivity contribution is -0.134. The number of aliphatic hydroxyl groups is 1. The summed E-state index contributed by atoms with van der Waals surface area (Å²) in [5.74, 6) is 0.0862. The molecule has 0 amide bonds. The number of carbonyl (C=O) groups is 3. The standard InChI is InChI=1S/C19H28O2.C4H4O4/c1-18-9-7-13(20)11-12(18)3-4-14-15-5-6-17(21)19(15,2)10-8-16(14)18;5-3(6)1-2-4(7)8/h3,13-16,20H,4-11H2,1-2H3;1-2H,(H,5,6)(H,7,8)/b;2-1-/t13-,14-,15-,16-,18-,19-;/m0./s1. The molecule has 160 valence electrons. The second-order valence-electron chi connectivity index (χ2n) is 9.58. The van der Waals surface area contributed by atoms with E-state index in [2.05, 4.69) is 19.9 Å². The van der Waals surface area contributed by atoms with E-state index in [1.807, 2.05) is 0 Å². The van der Waals surface area contributed by atoms with Crippen LogP contribution in [-0.4, -0.2) is 39.1 Å². The van der Waals surface area contributed by atoms with Crippen molar-refractivity contribution >= 4 is 17.7 Å². The zero-order chi connectivity index (χ0) is 21.4. The topological polar surface area (TPSA) is 112 Å². The molecule has 0 aromatic carbocycles. The quantitative estimate of drug-likeness (QED) is 0.479. The number of hydrogen-bond donors (Lipinski definition) is 3. The Morgan fingerprint density at radius 2 is 1.59 bits per heavy atom. The molecule has 0 radical (unpaired) electrons. The summed E-state index contributed by atoms with van der Waals surface area (Å²) >= 11 is 0. The predicted octanol–water partition coefficient (Wildman–Crippen LogP) is 3.59. The van der Waals surface area contributed by atoms with Gasteiger partial charge in [0.1, 0.15) is 5.78 Å². The lowest BCUT2D eigenvalue weighted by atomic mass is 9.48. The van der Waals surface area contributed by atoms with Crippen LogP contribution in [0.2, 0.25) is 0 Å². The first-order valence-electron chi connectivity index (χ1n) is 10.6. The summed E-state index contributed by atoms with van der Waals surface area (Å²) in [6.07, 6.45) is 11.8. The van der Waals surface area contributed by atoms with E-state index in [4.69, 9.17) is 10.2 Å². The van der Waals surface area contributed by atoms with E-state index in [-0.39, 0.29) is 11.5 Å². The van der Waals surface area contributed by atoms with Gasteiger partial charge in [0, 0.05) is 24.0 Å². The predicted molar refractivity (Wildman–Crippen MR) is 107 cm³/mol. The number of hydrogen-bond acceptors (Lipinski definition) is 4. The fourth-order valence-electron chi connectivity index (χ4n) is 6.56. The molecule has 4 rings (SSSR count). The van der Waals surface area contributed by atoms with Gasteiger partial charge >= 0.3 is 11.9 Å². The summed E-state index contributed by atoms with van der Waals surface area (Å²) in [4.78, 5) is 31.5. The second-order valence-corrected chi connectivity index (χ2v) is 9.58. The van der Waals surface area contributed by atoms with Crippen LogP contribution in [0.25, 0.3) is 0 Å². The molecule has 6 nitrogen and oxygen atoms in total. The third kappa shape index (κ3) is 4.04. The molecule has 29 heavy (non-hydrogen) atoms. The number of aliphatic carboxylic acids is 2. The first-order chi connectivity index (χ1) is 13.6. The number of Topliss-reactive ketones (excluding diaryl/α,β-unsaturated/α-hetero) is 1. The summed E-state index contributed by atoms with van der Waals surface area (Å²) in [6, 6.07) is 0. The van der Waals surface area contributed by atoms with E-state index in [1.54, 1.807) is 0 Å². The molecule has 0 aromatic rings. The van der Waals surface area contributed by atoms with Crippen LogP contribution < -0.4 is 0 Å². The molecule has 3 fully saturated rings. The maximum absolute atomic E-state index is 12.4. The molecule has 6 heteroatoms. The van der Waals surface area contributed by atoms with E-state index in [0.717, 1.165) is 50.9 Å². The zero-order valence-electron chi connectivity index (χ0n) is 17.3. The molecule has 0 spiro atoms. The highest BCUT2D eigenvalue weighted by Gasteiger charge is 2.58. The Morgan fingerprint density at radius 1 is 1.00 bits per heavy atom. The number of carboxylic acid groups (broad SMARTS) is 2. The van der Waals surface area contributed by atoms with Gasteiger partial charge < -0.3 is 15.3 Å². The molecule has 4 aliphatic carbocycles. The van der Waals surface area contributed by atoms with Crippen LogP contribution in [0.5, 0.6) is 0 Å².